The predicted octanol–water partition coefficient (Wildman–Crippen LogP) is 2.55. The first-order valence-electron chi connectivity index (χ1n) is 9.08. The van der Waals surface area contributed by atoms with Gasteiger partial charge in [0.1, 0.15) is 0 Å². The van der Waals surface area contributed by atoms with Gasteiger partial charge in [0.2, 0.25) is 0 Å². The summed E-state index contributed by atoms with van der Waals surface area (Å²) in [7, 11) is -1.79. The summed E-state index contributed by atoms with van der Waals surface area (Å²) >= 11 is 0. The fourth-order valence-corrected chi connectivity index (χ4v) is 4.68. The number of hydrogen-bond donors (Lipinski definition) is 2. The van der Waals surface area contributed by atoms with Gasteiger partial charge in [-0.1, -0.05) is 12.1 Å². The molecule has 0 amide bonds. The van der Waals surface area contributed by atoms with Crippen molar-refractivity contribution in [1.82, 2.24) is 4.90 Å². The highest BCUT2D eigenvalue weighted by atomic mass is 32.2. The molecule has 0 aliphatic carbocycles. The van der Waals surface area contributed by atoms with Crippen LogP contribution in [0, 0.1) is 13.8 Å². The summed E-state index contributed by atoms with van der Waals surface area (Å²) in [6, 6.07) is 9.89. The Bertz CT molecular complexity index is 997. The summed E-state index contributed by atoms with van der Waals surface area (Å²) < 4.78 is 28.1. The molecule has 0 atom stereocenters. The van der Waals surface area contributed by atoms with E-state index in [-0.39, 0.29) is 16.1 Å². The summed E-state index contributed by atoms with van der Waals surface area (Å²) in [5, 5.41) is 9.65. The van der Waals surface area contributed by atoms with Crippen LogP contribution < -0.4 is 9.62 Å². The van der Waals surface area contributed by atoms with E-state index < -0.39 is 16.0 Å². The Balaban J connectivity index is 1.92. The third-order valence-electron chi connectivity index (χ3n) is 4.96. The first kappa shape index (κ1) is 20.2. The second kappa shape index (κ2) is 7.81. The number of carbonyl (C=O) groups is 1. The predicted molar refractivity (Wildman–Crippen MR) is 110 cm³/mol. The Kier molecular flexibility index (Phi) is 5.62. The fraction of sp³-hybridized carbons (Fsp3) is 0.350. The van der Waals surface area contributed by atoms with Crippen LogP contribution in [-0.4, -0.2) is 57.6 Å². The standard InChI is InChI=1S/C20H25N3O4S/c1-14-4-5-15(2)19(12-14)28(26,27)21-16-6-7-18(17(13-16)20(24)25)23-10-8-22(3)9-11-23/h4-7,12-13,21H,8-11H2,1-3H3,(H,24,25). The maximum atomic E-state index is 12.8. The Labute approximate surface area is 165 Å². The minimum absolute atomic E-state index is 0.0886. The molecule has 8 heteroatoms. The fourth-order valence-electron chi connectivity index (χ4n) is 3.30. The van der Waals surface area contributed by atoms with Crippen LogP contribution >= 0.6 is 0 Å². The van der Waals surface area contributed by atoms with Crippen LogP contribution in [0.25, 0.3) is 0 Å². The quantitative estimate of drug-likeness (QED) is 0.798. The second-order valence-corrected chi connectivity index (χ2v) is 8.85. The van der Waals surface area contributed by atoms with Crippen molar-refractivity contribution in [1.29, 1.82) is 0 Å². The molecule has 0 spiro atoms. The number of carboxylic acid groups (broad SMARTS) is 1. The highest BCUT2D eigenvalue weighted by Crippen LogP contribution is 2.27. The average molecular weight is 404 g/mol. The Morgan fingerprint density at radius 3 is 2.36 bits per heavy atom. The van der Waals surface area contributed by atoms with Crippen molar-refractivity contribution in [3.8, 4) is 0 Å². The normalized spacial score (nSPS) is 15.5. The molecule has 2 aromatic carbocycles. The van der Waals surface area contributed by atoms with E-state index in [0.717, 1.165) is 31.7 Å². The molecule has 2 aromatic rings. The van der Waals surface area contributed by atoms with E-state index in [1.165, 1.54) is 6.07 Å². The molecule has 1 aliphatic heterocycles. The maximum absolute atomic E-state index is 12.8. The Morgan fingerprint density at radius 2 is 1.71 bits per heavy atom. The van der Waals surface area contributed by atoms with Gasteiger partial charge in [-0.25, -0.2) is 13.2 Å². The summed E-state index contributed by atoms with van der Waals surface area (Å²) in [6.07, 6.45) is 0. The summed E-state index contributed by atoms with van der Waals surface area (Å²) in [5.74, 6) is -1.08. The van der Waals surface area contributed by atoms with Gasteiger partial charge in [0.05, 0.1) is 16.1 Å². The number of aromatic carboxylic acids is 1. The average Bonchev–Trinajstić information content (AvgIpc) is 2.64. The number of rotatable bonds is 5. The molecule has 1 heterocycles. The van der Waals surface area contributed by atoms with Crippen LogP contribution in [0.3, 0.4) is 0 Å². The molecular formula is C20H25N3O4S. The molecule has 0 bridgehead atoms. The van der Waals surface area contributed by atoms with Crippen molar-refractivity contribution in [2.75, 3.05) is 42.8 Å². The maximum Gasteiger partial charge on any atom is 0.337 e. The number of carboxylic acids is 1. The van der Waals surface area contributed by atoms with Crippen LogP contribution in [0.2, 0.25) is 0 Å². The number of hydrogen-bond acceptors (Lipinski definition) is 5. The molecule has 2 N–H and O–H groups in total. The van der Waals surface area contributed by atoms with E-state index in [2.05, 4.69) is 9.62 Å². The summed E-state index contributed by atoms with van der Waals surface area (Å²) in [6.45, 7) is 6.70. The molecular weight excluding hydrogens is 378 g/mol. The van der Waals surface area contributed by atoms with Gasteiger partial charge in [-0.2, -0.15) is 0 Å². The third-order valence-corrected chi connectivity index (χ3v) is 6.48. The van der Waals surface area contributed by atoms with E-state index in [1.807, 2.05) is 24.9 Å². The molecule has 0 radical (unpaired) electrons. The second-order valence-electron chi connectivity index (χ2n) is 7.20. The van der Waals surface area contributed by atoms with Crippen molar-refractivity contribution < 1.29 is 18.3 Å². The molecule has 1 fully saturated rings. The number of nitrogens with one attached hydrogen (secondary N) is 1. The number of piperazine rings is 1. The van der Waals surface area contributed by atoms with Crippen molar-refractivity contribution >= 4 is 27.4 Å². The monoisotopic (exact) mass is 403 g/mol. The van der Waals surface area contributed by atoms with Crippen LogP contribution in [0.4, 0.5) is 11.4 Å². The lowest BCUT2D eigenvalue weighted by Gasteiger charge is -2.34. The van der Waals surface area contributed by atoms with Gasteiger partial charge in [-0.05, 0) is 56.3 Å². The molecule has 150 valence electrons. The van der Waals surface area contributed by atoms with Crippen molar-refractivity contribution in [2.24, 2.45) is 0 Å². The van der Waals surface area contributed by atoms with E-state index in [9.17, 15) is 18.3 Å². The van der Waals surface area contributed by atoms with Crippen molar-refractivity contribution in [3.63, 3.8) is 0 Å². The van der Waals surface area contributed by atoms with Crippen LogP contribution in [0.1, 0.15) is 21.5 Å². The first-order chi connectivity index (χ1) is 13.2. The highest BCUT2D eigenvalue weighted by molar-refractivity contribution is 7.92. The minimum atomic E-state index is -3.82. The van der Waals surface area contributed by atoms with Gasteiger partial charge in [0.25, 0.3) is 10.0 Å². The number of nitrogens with zero attached hydrogens (tertiary/aromatic N) is 2. The molecule has 28 heavy (non-hydrogen) atoms. The molecule has 0 aromatic heterocycles. The van der Waals surface area contributed by atoms with Crippen molar-refractivity contribution in [2.45, 2.75) is 18.7 Å². The molecule has 1 saturated heterocycles. The lowest BCUT2D eigenvalue weighted by atomic mass is 10.1. The summed E-state index contributed by atoms with van der Waals surface area (Å²) in [5.41, 5.74) is 2.39. The Morgan fingerprint density at radius 1 is 1.04 bits per heavy atom. The van der Waals surface area contributed by atoms with Crippen LogP contribution in [0.15, 0.2) is 41.3 Å². The number of anilines is 2. The lowest BCUT2D eigenvalue weighted by molar-refractivity contribution is 0.0697. The smallest absolute Gasteiger partial charge is 0.337 e. The number of sulfonamides is 1. The van der Waals surface area contributed by atoms with Gasteiger partial charge >= 0.3 is 5.97 Å². The van der Waals surface area contributed by atoms with Gasteiger partial charge in [0, 0.05) is 31.9 Å². The minimum Gasteiger partial charge on any atom is -0.478 e. The van der Waals surface area contributed by atoms with E-state index in [0.29, 0.717) is 11.3 Å². The largest absolute Gasteiger partial charge is 0.478 e. The first-order valence-corrected chi connectivity index (χ1v) is 10.6. The number of aryl methyl sites for hydroxylation is 2. The number of likely N-dealkylation sites (N-methyl/N-ethyl adjacent to an activating group) is 1. The zero-order valence-corrected chi connectivity index (χ0v) is 17.1. The van der Waals surface area contributed by atoms with E-state index in [1.54, 1.807) is 31.2 Å². The topological polar surface area (TPSA) is 90.0 Å². The van der Waals surface area contributed by atoms with Crippen LogP contribution in [-0.2, 0) is 10.0 Å². The zero-order valence-electron chi connectivity index (χ0n) is 16.3. The Hall–Kier alpha value is -2.58. The molecule has 1 aliphatic rings. The molecule has 0 saturated carbocycles. The van der Waals surface area contributed by atoms with Crippen LogP contribution in [0.5, 0.6) is 0 Å². The molecule has 0 unspecified atom stereocenters. The van der Waals surface area contributed by atoms with E-state index in [4.69, 9.17) is 0 Å². The number of benzene rings is 2. The van der Waals surface area contributed by atoms with E-state index >= 15 is 0 Å². The van der Waals surface area contributed by atoms with Gasteiger partial charge in [0.15, 0.2) is 0 Å². The van der Waals surface area contributed by atoms with Crippen molar-refractivity contribution in [3.05, 3.63) is 53.1 Å². The lowest BCUT2D eigenvalue weighted by Crippen LogP contribution is -2.45. The van der Waals surface area contributed by atoms with Gasteiger partial charge < -0.3 is 14.9 Å². The van der Waals surface area contributed by atoms with Gasteiger partial charge in [-0.3, -0.25) is 4.72 Å². The van der Waals surface area contributed by atoms with Gasteiger partial charge in [-0.15, -0.1) is 0 Å². The zero-order chi connectivity index (χ0) is 20.5. The highest BCUT2D eigenvalue weighted by Gasteiger charge is 2.22. The third kappa shape index (κ3) is 4.28. The molecule has 3 rings (SSSR count). The SMILES string of the molecule is Cc1ccc(C)c(S(=O)(=O)Nc2ccc(N3CCN(C)CC3)c(C(=O)O)c2)c1. The molecule has 7 nitrogen and oxygen atoms in total. The summed E-state index contributed by atoms with van der Waals surface area (Å²) in [4.78, 5) is 16.2.